The van der Waals surface area contributed by atoms with Crippen LogP contribution in [-0.4, -0.2) is 26.4 Å². The summed E-state index contributed by atoms with van der Waals surface area (Å²) in [6.45, 7) is 0. The van der Waals surface area contributed by atoms with E-state index >= 15 is 0 Å². The Morgan fingerprint density at radius 1 is 0.833 bits per heavy atom. The normalized spacial score (nSPS) is 20.2. The van der Waals surface area contributed by atoms with Gasteiger partial charge in [0.2, 0.25) is 10.0 Å². The van der Waals surface area contributed by atoms with E-state index in [-0.39, 0.29) is 22.9 Å². The minimum absolute atomic E-state index is 0.0808. The lowest BCUT2D eigenvalue weighted by Crippen LogP contribution is -2.35. The largest absolute Gasteiger partial charge is 0.349 e. The van der Waals surface area contributed by atoms with Gasteiger partial charge in [-0.15, -0.1) is 0 Å². The van der Waals surface area contributed by atoms with Crippen LogP contribution in [0.25, 0.3) is 0 Å². The van der Waals surface area contributed by atoms with Crippen LogP contribution in [0.2, 0.25) is 0 Å². The zero-order valence-corrected chi connectivity index (χ0v) is 14.8. The van der Waals surface area contributed by atoms with Crippen molar-refractivity contribution in [1.82, 2.24) is 10.0 Å². The Morgan fingerprint density at radius 2 is 1.42 bits per heavy atom. The molecule has 2 aliphatic rings. The van der Waals surface area contributed by atoms with Crippen LogP contribution < -0.4 is 10.0 Å². The van der Waals surface area contributed by atoms with Gasteiger partial charge in [-0.05, 0) is 49.9 Å². The third kappa shape index (κ3) is 4.80. The number of amides is 1. The van der Waals surface area contributed by atoms with Gasteiger partial charge >= 0.3 is 0 Å². The second kappa shape index (κ2) is 7.66. The molecule has 5 nitrogen and oxygen atoms in total. The SMILES string of the molecule is O=C(NC1CCCCCCC1)c1ccc(S(=O)(=O)NC2CC2)cc1. The summed E-state index contributed by atoms with van der Waals surface area (Å²) in [6.07, 6.45) is 9.98. The predicted octanol–water partition coefficient (Wildman–Crippen LogP) is 2.97. The van der Waals surface area contributed by atoms with E-state index in [0.717, 1.165) is 38.5 Å². The molecule has 0 aromatic heterocycles. The van der Waals surface area contributed by atoms with Crippen molar-refractivity contribution in [1.29, 1.82) is 0 Å². The molecule has 3 rings (SSSR count). The van der Waals surface area contributed by atoms with Gasteiger partial charge in [0.1, 0.15) is 0 Å². The Hall–Kier alpha value is -1.40. The van der Waals surface area contributed by atoms with Gasteiger partial charge in [-0.3, -0.25) is 4.79 Å². The van der Waals surface area contributed by atoms with E-state index in [2.05, 4.69) is 10.0 Å². The van der Waals surface area contributed by atoms with Crippen molar-refractivity contribution in [3.05, 3.63) is 29.8 Å². The molecule has 0 radical (unpaired) electrons. The van der Waals surface area contributed by atoms with E-state index in [1.807, 2.05) is 0 Å². The molecule has 2 saturated carbocycles. The van der Waals surface area contributed by atoms with Crippen LogP contribution in [0.1, 0.15) is 68.1 Å². The Balaban J connectivity index is 1.60. The summed E-state index contributed by atoms with van der Waals surface area (Å²) in [7, 11) is -3.46. The molecule has 1 amide bonds. The highest BCUT2D eigenvalue weighted by molar-refractivity contribution is 7.89. The van der Waals surface area contributed by atoms with Crippen LogP contribution in [0, 0.1) is 0 Å². The molecular weight excluding hydrogens is 324 g/mol. The van der Waals surface area contributed by atoms with E-state index in [1.165, 1.54) is 31.4 Å². The zero-order valence-electron chi connectivity index (χ0n) is 14.0. The molecule has 0 heterocycles. The lowest BCUT2D eigenvalue weighted by molar-refractivity contribution is 0.0930. The smallest absolute Gasteiger partial charge is 0.251 e. The highest BCUT2D eigenvalue weighted by atomic mass is 32.2. The number of nitrogens with one attached hydrogen (secondary N) is 2. The van der Waals surface area contributed by atoms with Crippen LogP contribution in [0.3, 0.4) is 0 Å². The molecule has 1 aromatic rings. The van der Waals surface area contributed by atoms with Gasteiger partial charge in [-0.2, -0.15) is 0 Å². The molecule has 0 spiro atoms. The molecule has 2 aliphatic carbocycles. The number of sulfonamides is 1. The second-order valence-electron chi connectivity index (χ2n) is 6.94. The molecule has 24 heavy (non-hydrogen) atoms. The summed E-state index contributed by atoms with van der Waals surface area (Å²) in [6, 6.07) is 6.53. The summed E-state index contributed by atoms with van der Waals surface area (Å²) in [5.74, 6) is -0.111. The van der Waals surface area contributed by atoms with E-state index in [4.69, 9.17) is 0 Å². The second-order valence-corrected chi connectivity index (χ2v) is 8.65. The number of carbonyl (C=O) groups excluding carboxylic acids is 1. The highest BCUT2D eigenvalue weighted by Gasteiger charge is 2.28. The first-order valence-corrected chi connectivity index (χ1v) is 10.5. The average molecular weight is 350 g/mol. The number of hydrogen-bond acceptors (Lipinski definition) is 3. The summed E-state index contributed by atoms with van der Waals surface area (Å²) < 4.78 is 26.9. The van der Waals surface area contributed by atoms with Gasteiger partial charge in [0.05, 0.1) is 4.90 Å². The van der Waals surface area contributed by atoms with E-state index in [9.17, 15) is 13.2 Å². The van der Waals surface area contributed by atoms with E-state index < -0.39 is 10.0 Å². The van der Waals surface area contributed by atoms with Crippen molar-refractivity contribution >= 4 is 15.9 Å². The highest BCUT2D eigenvalue weighted by Crippen LogP contribution is 2.22. The standard InChI is InChI=1S/C18H26N2O3S/c21-18(19-15-6-4-2-1-3-5-7-15)14-8-12-17(13-9-14)24(22,23)20-16-10-11-16/h8-9,12-13,15-16,20H,1-7,10-11H2,(H,19,21). The van der Waals surface area contributed by atoms with Crippen LogP contribution in [0.15, 0.2) is 29.2 Å². The lowest BCUT2D eigenvalue weighted by Gasteiger charge is -2.21. The maximum absolute atomic E-state index is 12.4. The molecule has 2 fully saturated rings. The maximum atomic E-state index is 12.4. The van der Waals surface area contributed by atoms with Gasteiger partial charge in [-0.1, -0.05) is 32.1 Å². The third-order valence-corrected chi connectivity index (χ3v) is 6.30. The van der Waals surface area contributed by atoms with Gasteiger partial charge in [-0.25, -0.2) is 13.1 Å². The molecule has 0 aliphatic heterocycles. The van der Waals surface area contributed by atoms with E-state index in [1.54, 1.807) is 12.1 Å². The van der Waals surface area contributed by atoms with Gasteiger partial charge in [0.15, 0.2) is 0 Å². The Labute approximate surface area is 144 Å². The van der Waals surface area contributed by atoms with Gasteiger partial charge < -0.3 is 5.32 Å². The fourth-order valence-electron chi connectivity index (χ4n) is 3.14. The molecule has 6 heteroatoms. The molecule has 1 aromatic carbocycles. The molecule has 2 N–H and O–H groups in total. The fraction of sp³-hybridized carbons (Fsp3) is 0.611. The Bertz CT molecular complexity index is 658. The summed E-state index contributed by atoms with van der Waals surface area (Å²) in [5.41, 5.74) is 0.516. The Morgan fingerprint density at radius 3 is 2.00 bits per heavy atom. The van der Waals surface area contributed by atoms with Crippen LogP contribution in [0.4, 0.5) is 0 Å². The third-order valence-electron chi connectivity index (χ3n) is 4.77. The first-order chi connectivity index (χ1) is 11.5. The predicted molar refractivity (Wildman–Crippen MR) is 93.4 cm³/mol. The monoisotopic (exact) mass is 350 g/mol. The topological polar surface area (TPSA) is 75.3 Å². The molecule has 132 valence electrons. The van der Waals surface area contributed by atoms with Crippen molar-refractivity contribution in [2.24, 2.45) is 0 Å². The van der Waals surface area contributed by atoms with Crippen molar-refractivity contribution < 1.29 is 13.2 Å². The average Bonchev–Trinajstić information content (AvgIpc) is 3.33. The minimum atomic E-state index is -3.46. The zero-order chi connectivity index (χ0) is 17.0. The molecule has 0 atom stereocenters. The number of rotatable bonds is 5. The molecular formula is C18H26N2O3S. The molecule has 0 saturated heterocycles. The van der Waals surface area contributed by atoms with Crippen molar-refractivity contribution in [2.75, 3.05) is 0 Å². The van der Waals surface area contributed by atoms with Crippen LogP contribution in [0.5, 0.6) is 0 Å². The maximum Gasteiger partial charge on any atom is 0.251 e. The molecule has 0 unspecified atom stereocenters. The quantitative estimate of drug-likeness (QED) is 0.857. The van der Waals surface area contributed by atoms with Crippen LogP contribution >= 0.6 is 0 Å². The van der Waals surface area contributed by atoms with Crippen molar-refractivity contribution in [3.8, 4) is 0 Å². The van der Waals surface area contributed by atoms with Crippen LogP contribution in [-0.2, 0) is 10.0 Å². The van der Waals surface area contributed by atoms with Gasteiger partial charge in [0.25, 0.3) is 5.91 Å². The van der Waals surface area contributed by atoms with E-state index in [0.29, 0.717) is 5.56 Å². The lowest BCUT2D eigenvalue weighted by atomic mass is 9.96. The summed E-state index contributed by atoms with van der Waals surface area (Å²) in [5, 5.41) is 3.10. The van der Waals surface area contributed by atoms with Crippen molar-refractivity contribution in [3.63, 3.8) is 0 Å². The van der Waals surface area contributed by atoms with Crippen molar-refractivity contribution in [2.45, 2.75) is 74.8 Å². The number of carbonyl (C=O) groups is 1. The molecule has 0 bridgehead atoms. The summed E-state index contributed by atoms with van der Waals surface area (Å²) in [4.78, 5) is 12.6. The first-order valence-electron chi connectivity index (χ1n) is 8.98. The fourth-order valence-corrected chi connectivity index (χ4v) is 4.45. The first kappa shape index (κ1) is 17.4. The summed E-state index contributed by atoms with van der Waals surface area (Å²) >= 11 is 0. The van der Waals surface area contributed by atoms with Gasteiger partial charge in [0, 0.05) is 17.6 Å². The Kier molecular flexibility index (Phi) is 5.56. The number of benzene rings is 1. The number of hydrogen-bond donors (Lipinski definition) is 2. The minimum Gasteiger partial charge on any atom is -0.349 e.